The van der Waals surface area contributed by atoms with E-state index >= 15 is 0 Å². The first-order valence-corrected chi connectivity index (χ1v) is 9.12. The lowest BCUT2D eigenvalue weighted by Crippen LogP contribution is -2.10. The van der Waals surface area contributed by atoms with Crippen molar-refractivity contribution in [3.63, 3.8) is 0 Å². The van der Waals surface area contributed by atoms with Crippen molar-refractivity contribution in [1.82, 2.24) is 9.97 Å². The number of anilines is 1. The largest absolute Gasteiger partial charge is 0.508 e. The molecule has 23 heavy (non-hydrogen) atoms. The Labute approximate surface area is 141 Å². The monoisotopic (exact) mass is 329 g/mol. The van der Waals surface area contributed by atoms with Crippen molar-refractivity contribution in [2.45, 2.75) is 49.8 Å². The number of fused-ring (bicyclic) bond motifs is 1. The van der Waals surface area contributed by atoms with E-state index in [2.05, 4.69) is 29.1 Å². The van der Waals surface area contributed by atoms with Gasteiger partial charge in [0.2, 0.25) is 0 Å². The summed E-state index contributed by atoms with van der Waals surface area (Å²) in [6, 6.07) is 7.44. The summed E-state index contributed by atoms with van der Waals surface area (Å²) in [7, 11) is 0. The second-order valence-corrected chi connectivity index (χ2v) is 7.38. The molecule has 2 aromatic rings. The summed E-state index contributed by atoms with van der Waals surface area (Å²) in [4.78, 5) is 9.34. The summed E-state index contributed by atoms with van der Waals surface area (Å²) in [5.74, 6) is 2.27. The molecule has 1 aromatic heterocycles. The van der Waals surface area contributed by atoms with Crippen molar-refractivity contribution in [2.24, 2.45) is 0 Å². The highest BCUT2D eigenvalue weighted by Gasteiger charge is 2.24. The minimum absolute atomic E-state index is 0.321. The van der Waals surface area contributed by atoms with Gasteiger partial charge in [-0.25, -0.2) is 9.97 Å². The number of aromatic nitrogens is 2. The Kier molecular flexibility index (Phi) is 5.06. The lowest BCUT2D eigenvalue weighted by Gasteiger charge is -2.11. The molecule has 0 saturated heterocycles. The molecule has 1 aromatic carbocycles. The van der Waals surface area contributed by atoms with Gasteiger partial charge in [-0.1, -0.05) is 26.0 Å². The number of benzene rings is 1. The maximum atomic E-state index is 9.31. The highest BCUT2D eigenvalue weighted by atomic mass is 32.2. The van der Waals surface area contributed by atoms with Gasteiger partial charge in [-0.05, 0) is 37.0 Å². The summed E-state index contributed by atoms with van der Waals surface area (Å²) < 4.78 is 0. The Morgan fingerprint density at radius 3 is 2.78 bits per heavy atom. The van der Waals surface area contributed by atoms with Gasteiger partial charge in [0.05, 0.1) is 0 Å². The fourth-order valence-corrected chi connectivity index (χ4v) is 3.89. The molecule has 2 heterocycles. The third kappa shape index (κ3) is 3.96. The molecule has 0 aliphatic carbocycles. The van der Waals surface area contributed by atoms with E-state index in [1.54, 1.807) is 12.1 Å². The summed E-state index contributed by atoms with van der Waals surface area (Å²) in [6.45, 7) is 5.23. The van der Waals surface area contributed by atoms with Crippen LogP contribution in [0.5, 0.6) is 5.75 Å². The normalized spacial score (nSPS) is 16.3. The molecular weight excluding hydrogens is 306 g/mol. The van der Waals surface area contributed by atoms with Gasteiger partial charge in [0, 0.05) is 23.8 Å². The Hall–Kier alpha value is -1.75. The van der Waals surface area contributed by atoms with E-state index in [9.17, 15) is 5.11 Å². The quantitative estimate of drug-likeness (QED) is 0.623. The van der Waals surface area contributed by atoms with Crippen molar-refractivity contribution >= 4 is 17.6 Å². The first-order valence-electron chi connectivity index (χ1n) is 8.24. The van der Waals surface area contributed by atoms with Gasteiger partial charge in [0.1, 0.15) is 22.4 Å². The van der Waals surface area contributed by atoms with Gasteiger partial charge in [-0.3, -0.25) is 0 Å². The lowest BCUT2D eigenvalue weighted by atomic mass is 10.1. The van der Waals surface area contributed by atoms with Crippen LogP contribution in [0.1, 0.15) is 37.2 Å². The number of nitrogens with zero attached hydrogens (tertiary/aromatic N) is 2. The standard InChI is InChI=1S/C18H23N3OS/c1-3-16-20-17(15-11-12(2)23-18(15)21-16)19-10-4-5-13-6-8-14(22)9-7-13/h6-9,12,22H,3-5,10-11H2,1-2H3,(H,19,20,21). The molecule has 0 bridgehead atoms. The van der Waals surface area contributed by atoms with E-state index in [0.29, 0.717) is 11.0 Å². The third-order valence-electron chi connectivity index (χ3n) is 4.01. The smallest absolute Gasteiger partial charge is 0.134 e. The van der Waals surface area contributed by atoms with Crippen LogP contribution in [0.4, 0.5) is 5.82 Å². The number of thioether (sulfide) groups is 1. The van der Waals surface area contributed by atoms with Crippen LogP contribution in [-0.2, 0) is 19.3 Å². The van der Waals surface area contributed by atoms with E-state index in [1.165, 1.54) is 11.1 Å². The molecule has 5 heteroatoms. The van der Waals surface area contributed by atoms with Gasteiger partial charge in [0.15, 0.2) is 0 Å². The van der Waals surface area contributed by atoms with Crippen LogP contribution in [0.3, 0.4) is 0 Å². The molecule has 1 unspecified atom stereocenters. The molecule has 122 valence electrons. The average molecular weight is 329 g/mol. The second kappa shape index (κ2) is 7.21. The number of rotatable bonds is 6. The Morgan fingerprint density at radius 1 is 1.26 bits per heavy atom. The molecule has 1 atom stereocenters. The fraction of sp³-hybridized carbons (Fsp3) is 0.444. The average Bonchev–Trinajstić information content (AvgIpc) is 2.93. The molecule has 1 aliphatic rings. The SMILES string of the molecule is CCc1nc(NCCCc2ccc(O)cc2)c2c(n1)SC(C)C2. The number of nitrogens with one attached hydrogen (secondary N) is 1. The molecule has 0 fully saturated rings. The number of aromatic hydroxyl groups is 1. The summed E-state index contributed by atoms with van der Waals surface area (Å²) in [6.07, 6.45) is 3.94. The zero-order chi connectivity index (χ0) is 16.2. The predicted octanol–water partition coefficient (Wildman–Crippen LogP) is 3.83. The first-order chi connectivity index (χ1) is 11.2. The maximum absolute atomic E-state index is 9.31. The molecular formula is C18H23N3OS. The molecule has 1 aliphatic heterocycles. The van der Waals surface area contributed by atoms with Crippen LogP contribution in [0, 0.1) is 0 Å². The van der Waals surface area contributed by atoms with Gasteiger partial charge >= 0.3 is 0 Å². The zero-order valence-corrected chi connectivity index (χ0v) is 14.5. The zero-order valence-electron chi connectivity index (χ0n) is 13.7. The lowest BCUT2D eigenvalue weighted by molar-refractivity contribution is 0.475. The van der Waals surface area contributed by atoms with Crippen LogP contribution in [-0.4, -0.2) is 26.9 Å². The molecule has 3 rings (SSSR count). The molecule has 0 spiro atoms. The van der Waals surface area contributed by atoms with Crippen LogP contribution in [0.15, 0.2) is 29.3 Å². The summed E-state index contributed by atoms with van der Waals surface area (Å²) in [5, 5.41) is 14.6. The number of phenolic OH excluding ortho intramolecular Hbond substituents is 1. The van der Waals surface area contributed by atoms with Gasteiger partial charge < -0.3 is 10.4 Å². The van der Waals surface area contributed by atoms with Crippen molar-refractivity contribution < 1.29 is 5.11 Å². The van der Waals surface area contributed by atoms with Crippen LogP contribution in [0.25, 0.3) is 0 Å². The van der Waals surface area contributed by atoms with E-state index in [4.69, 9.17) is 0 Å². The first kappa shape index (κ1) is 16.1. The highest BCUT2D eigenvalue weighted by molar-refractivity contribution is 8.00. The Balaban J connectivity index is 1.60. The second-order valence-electron chi connectivity index (χ2n) is 5.96. The highest BCUT2D eigenvalue weighted by Crippen LogP contribution is 2.38. The summed E-state index contributed by atoms with van der Waals surface area (Å²) >= 11 is 1.86. The third-order valence-corrected chi connectivity index (χ3v) is 5.14. The van der Waals surface area contributed by atoms with Gasteiger partial charge in [-0.15, -0.1) is 11.8 Å². The summed E-state index contributed by atoms with van der Waals surface area (Å²) in [5.41, 5.74) is 2.53. The number of aryl methyl sites for hydroxylation is 2. The fourth-order valence-electron chi connectivity index (χ4n) is 2.77. The Bertz CT molecular complexity index is 673. The minimum Gasteiger partial charge on any atom is -0.508 e. The van der Waals surface area contributed by atoms with Crippen LogP contribution >= 0.6 is 11.8 Å². The molecule has 0 radical (unpaired) electrons. The molecule has 4 nitrogen and oxygen atoms in total. The van der Waals surface area contributed by atoms with Gasteiger partial charge in [-0.2, -0.15) is 0 Å². The van der Waals surface area contributed by atoms with E-state index in [0.717, 1.165) is 48.9 Å². The minimum atomic E-state index is 0.321. The molecule has 2 N–H and O–H groups in total. The van der Waals surface area contributed by atoms with E-state index < -0.39 is 0 Å². The van der Waals surface area contributed by atoms with Crippen molar-refractivity contribution in [3.05, 3.63) is 41.2 Å². The van der Waals surface area contributed by atoms with Crippen molar-refractivity contribution in [2.75, 3.05) is 11.9 Å². The predicted molar refractivity (Wildman–Crippen MR) is 95.4 cm³/mol. The number of phenols is 1. The van der Waals surface area contributed by atoms with Crippen molar-refractivity contribution in [3.8, 4) is 5.75 Å². The molecule has 0 saturated carbocycles. The molecule has 0 amide bonds. The van der Waals surface area contributed by atoms with Crippen molar-refractivity contribution in [1.29, 1.82) is 0 Å². The Morgan fingerprint density at radius 2 is 2.04 bits per heavy atom. The number of hydrogen-bond donors (Lipinski definition) is 2. The topological polar surface area (TPSA) is 58.0 Å². The maximum Gasteiger partial charge on any atom is 0.134 e. The van der Waals surface area contributed by atoms with Gasteiger partial charge in [0.25, 0.3) is 0 Å². The van der Waals surface area contributed by atoms with Crippen LogP contribution < -0.4 is 5.32 Å². The van der Waals surface area contributed by atoms with E-state index in [-0.39, 0.29) is 0 Å². The van der Waals surface area contributed by atoms with E-state index in [1.807, 2.05) is 23.9 Å². The number of hydrogen-bond acceptors (Lipinski definition) is 5. The van der Waals surface area contributed by atoms with Crippen LogP contribution in [0.2, 0.25) is 0 Å².